The van der Waals surface area contributed by atoms with Crippen molar-refractivity contribution in [3.63, 3.8) is 0 Å². The summed E-state index contributed by atoms with van der Waals surface area (Å²) in [6.07, 6.45) is 4.49. The summed E-state index contributed by atoms with van der Waals surface area (Å²) in [5.74, 6) is -1.69. The maximum atomic E-state index is 13.4. The Morgan fingerprint density at radius 2 is 1.85 bits per heavy atom. The summed E-state index contributed by atoms with van der Waals surface area (Å²) in [4.78, 5) is 19.3. The number of piperidine rings is 1. The molecule has 2 fully saturated rings. The number of nitrogens with two attached hydrogens (primary N) is 2. The number of nitrogens with zero attached hydrogens (tertiary/aromatic N) is 2. The Balaban J connectivity index is 1.79. The van der Waals surface area contributed by atoms with Gasteiger partial charge in [-0.3, -0.25) is 4.79 Å². The smallest absolute Gasteiger partial charge is 0.393 e. The van der Waals surface area contributed by atoms with Crippen LogP contribution in [0.4, 0.5) is 18.9 Å². The van der Waals surface area contributed by atoms with Crippen LogP contribution in [0.25, 0.3) is 0 Å². The van der Waals surface area contributed by atoms with Crippen molar-refractivity contribution in [2.45, 2.75) is 70.5 Å². The highest BCUT2D eigenvalue weighted by atomic mass is 19.4. The lowest BCUT2D eigenvalue weighted by molar-refractivity contribution is -0.186. The van der Waals surface area contributed by atoms with E-state index in [0.717, 1.165) is 31.4 Å². The maximum absolute atomic E-state index is 13.4. The SMILES string of the molecule is C/C=C(NC(=O)c1nc(C2CCCCC2)ccc1N)\C(=C/C)N1CC(N)CC(C(F)(F)F)C1. The summed E-state index contributed by atoms with van der Waals surface area (Å²) in [5.41, 5.74) is 14.2. The quantitative estimate of drug-likeness (QED) is 0.558. The fourth-order valence-electron chi connectivity index (χ4n) is 4.84. The van der Waals surface area contributed by atoms with Crippen LogP contribution in [0.5, 0.6) is 0 Å². The van der Waals surface area contributed by atoms with Crippen molar-refractivity contribution in [3.05, 3.63) is 47.1 Å². The van der Waals surface area contributed by atoms with Crippen LogP contribution in [0, 0.1) is 5.92 Å². The number of hydrogen-bond donors (Lipinski definition) is 3. The molecule has 1 aliphatic carbocycles. The Bertz CT molecular complexity index is 906. The third kappa shape index (κ3) is 6.07. The van der Waals surface area contributed by atoms with E-state index in [0.29, 0.717) is 17.3 Å². The molecule has 9 heteroatoms. The lowest BCUT2D eigenvalue weighted by Gasteiger charge is -2.40. The molecule has 0 spiro atoms. The molecule has 1 saturated carbocycles. The van der Waals surface area contributed by atoms with Crippen molar-refractivity contribution in [2.75, 3.05) is 18.8 Å². The third-order valence-electron chi connectivity index (χ3n) is 6.56. The molecule has 33 heavy (non-hydrogen) atoms. The lowest BCUT2D eigenvalue weighted by atomic mass is 9.86. The number of pyridine rings is 1. The third-order valence-corrected chi connectivity index (χ3v) is 6.56. The predicted octanol–water partition coefficient (Wildman–Crippen LogP) is 4.46. The first kappa shape index (κ1) is 25.1. The molecule has 1 aromatic heterocycles. The van der Waals surface area contributed by atoms with Crippen LogP contribution in [0.1, 0.15) is 74.5 Å². The molecular formula is C24H34F3N5O. The second kappa shape index (κ2) is 10.6. The molecule has 2 aliphatic rings. The Kier molecular flexibility index (Phi) is 8.05. The second-order valence-electron chi connectivity index (χ2n) is 8.98. The minimum Gasteiger partial charge on any atom is -0.397 e. The number of alkyl halides is 3. The first-order valence-corrected chi connectivity index (χ1v) is 11.6. The molecule has 6 nitrogen and oxygen atoms in total. The van der Waals surface area contributed by atoms with Gasteiger partial charge >= 0.3 is 6.18 Å². The number of likely N-dealkylation sites (tertiary alicyclic amines) is 1. The molecule has 2 heterocycles. The standard InChI is InChI=1S/C24H34F3N5O/c1-3-19(21(4-2)32-13-16(24(25,26)27)12-17(28)14-32)31-23(33)22-18(29)10-11-20(30-22)15-8-6-5-7-9-15/h3-4,10-11,15-17H,5-9,12-14,28-29H2,1-2H3,(H,31,33)/b19-3+,21-4+. The van der Waals surface area contributed by atoms with Gasteiger partial charge in [-0.1, -0.05) is 31.4 Å². The fraction of sp³-hybridized carbons (Fsp3) is 0.583. The summed E-state index contributed by atoms with van der Waals surface area (Å²) >= 11 is 0. The highest BCUT2D eigenvalue weighted by Gasteiger charge is 2.44. The molecule has 3 rings (SSSR count). The summed E-state index contributed by atoms with van der Waals surface area (Å²) in [7, 11) is 0. The van der Waals surface area contributed by atoms with Gasteiger partial charge in [-0.15, -0.1) is 0 Å². The molecule has 5 N–H and O–H groups in total. The van der Waals surface area contributed by atoms with E-state index in [4.69, 9.17) is 11.5 Å². The first-order chi connectivity index (χ1) is 15.6. The van der Waals surface area contributed by atoms with Crippen molar-refractivity contribution < 1.29 is 18.0 Å². The maximum Gasteiger partial charge on any atom is 0.393 e. The van der Waals surface area contributed by atoms with E-state index in [2.05, 4.69) is 10.3 Å². The average molecular weight is 466 g/mol. The summed E-state index contributed by atoms with van der Waals surface area (Å²) in [5, 5.41) is 2.82. The van der Waals surface area contributed by atoms with Crippen LogP contribution < -0.4 is 16.8 Å². The van der Waals surface area contributed by atoms with E-state index in [1.54, 1.807) is 37.0 Å². The molecule has 1 aliphatic heterocycles. The van der Waals surface area contributed by atoms with Gasteiger partial charge in [0.1, 0.15) is 0 Å². The molecule has 1 amide bonds. The zero-order valence-corrected chi connectivity index (χ0v) is 19.3. The number of carbonyl (C=O) groups excluding carboxylic acids is 1. The van der Waals surface area contributed by atoms with E-state index < -0.39 is 24.0 Å². The highest BCUT2D eigenvalue weighted by molar-refractivity contribution is 5.98. The van der Waals surface area contributed by atoms with E-state index in [1.807, 2.05) is 6.07 Å². The number of halogens is 3. The molecule has 2 atom stereocenters. The number of aromatic nitrogens is 1. The minimum absolute atomic E-state index is 0.108. The zero-order chi connectivity index (χ0) is 24.2. The van der Waals surface area contributed by atoms with E-state index in [9.17, 15) is 18.0 Å². The van der Waals surface area contributed by atoms with Gasteiger partial charge in [0.05, 0.1) is 23.0 Å². The first-order valence-electron chi connectivity index (χ1n) is 11.6. The average Bonchev–Trinajstić information content (AvgIpc) is 2.78. The number of nitrogens with one attached hydrogen (secondary N) is 1. The molecule has 0 radical (unpaired) electrons. The van der Waals surface area contributed by atoms with Crippen LogP contribution in [-0.2, 0) is 0 Å². The minimum atomic E-state index is -4.33. The zero-order valence-electron chi connectivity index (χ0n) is 19.3. The van der Waals surface area contributed by atoms with E-state index in [-0.39, 0.29) is 30.9 Å². The van der Waals surface area contributed by atoms with Gasteiger partial charge in [-0.05, 0) is 45.2 Å². The number of nitrogen functional groups attached to an aromatic ring is 1. The number of hydrogen-bond acceptors (Lipinski definition) is 5. The number of rotatable bonds is 5. The van der Waals surface area contributed by atoms with Gasteiger partial charge in [-0.25, -0.2) is 4.98 Å². The van der Waals surface area contributed by atoms with E-state index >= 15 is 0 Å². The van der Waals surface area contributed by atoms with Gasteiger partial charge in [0.2, 0.25) is 0 Å². The van der Waals surface area contributed by atoms with Gasteiger partial charge in [0, 0.05) is 30.7 Å². The van der Waals surface area contributed by atoms with Crippen LogP contribution in [0.15, 0.2) is 35.7 Å². The number of amides is 1. The largest absolute Gasteiger partial charge is 0.397 e. The highest BCUT2D eigenvalue weighted by Crippen LogP contribution is 2.35. The topological polar surface area (TPSA) is 97.3 Å². The number of anilines is 1. The molecule has 1 aromatic rings. The fourth-order valence-corrected chi connectivity index (χ4v) is 4.84. The van der Waals surface area contributed by atoms with Crippen molar-refractivity contribution in [2.24, 2.45) is 11.7 Å². The Morgan fingerprint density at radius 1 is 1.15 bits per heavy atom. The van der Waals surface area contributed by atoms with Gasteiger partial charge in [-0.2, -0.15) is 13.2 Å². The second-order valence-corrected chi connectivity index (χ2v) is 8.98. The summed E-state index contributed by atoms with van der Waals surface area (Å²) in [6.45, 7) is 3.52. The van der Waals surface area contributed by atoms with Gasteiger partial charge in [0.25, 0.3) is 5.91 Å². The number of allylic oxidation sites excluding steroid dienone is 2. The van der Waals surface area contributed by atoms with Crippen LogP contribution >= 0.6 is 0 Å². The predicted molar refractivity (Wildman–Crippen MR) is 123 cm³/mol. The monoisotopic (exact) mass is 465 g/mol. The van der Waals surface area contributed by atoms with Gasteiger partial charge in [0.15, 0.2) is 5.69 Å². The van der Waals surface area contributed by atoms with Crippen molar-refractivity contribution in [3.8, 4) is 0 Å². The summed E-state index contributed by atoms with van der Waals surface area (Å²) in [6, 6.07) is 2.97. The van der Waals surface area contributed by atoms with Crippen LogP contribution in [-0.4, -0.2) is 41.1 Å². The molecule has 0 bridgehead atoms. The van der Waals surface area contributed by atoms with Crippen molar-refractivity contribution >= 4 is 11.6 Å². The Labute approximate surface area is 193 Å². The molecule has 0 aromatic carbocycles. The molecule has 2 unspecified atom stereocenters. The van der Waals surface area contributed by atoms with Gasteiger partial charge < -0.3 is 21.7 Å². The lowest BCUT2D eigenvalue weighted by Crippen LogP contribution is -2.51. The van der Waals surface area contributed by atoms with E-state index in [1.165, 1.54) is 6.42 Å². The molecule has 1 saturated heterocycles. The van der Waals surface area contributed by atoms with Crippen molar-refractivity contribution in [1.82, 2.24) is 15.2 Å². The summed E-state index contributed by atoms with van der Waals surface area (Å²) < 4.78 is 40.2. The normalized spacial score (nSPS) is 23.5. The number of carbonyl (C=O) groups is 1. The Morgan fingerprint density at radius 3 is 2.45 bits per heavy atom. The van der Waals surface area contributed by atoms with Crippen LogP contribution in [0.2, 0.25) is 0 Å². The molecule has 182 valence electrons. The molecular weight excluding hydrogens is 431 g/mol. The van der Waals surface area contributed by atoms with Crippen molar-refractivity contribution in [1.29, 1.82) is 0 Å². The Hall–Kier alpha value is -2.55. The van der Waals surface area contributed by atoms with Crippen LogP contribution in [0.3, 0.4) is 0 Å².